The lowest BCUT2D eigenvalue weighted by Crippen LogP contribution is -2.03. The van der Waals surface area contributed by atoms with Gasteiger partial charge in [0.1, 0.15) is 5.82 Å². The Labute approximate surface area is 92.9 Å². The molecule has 80 valence electrons. The molecule has 0 fully saturated rings. The summed E-state index contributed by atoms with van der Waals surface area (Å²) < 4.78 is 13.3. The minimum Gasteiger partial charge on any atom is -0.379 e. The van der Waals surface area contributed by atoms with E-state index < -0.39 is 0 Å². The number of rotatable bonds is 3. The molecule has 1 rings (SSSR count). The van der Waals surface area contributed by atoms with Crippen molar-refractivity contribution in [2.75, 3.05) is 5.75 Å². The molecule has 0 aliphatic carbocycles. The van der Waals surface area contributed by atoms with Crippen LogP contribution in [-0.4, -0.2) is 10.9 Å². The van der Waals surface area contributed by atoms with E-state index in [4.69, 9.17) is 11.1 Å². The van der Waals surface area contributed by atoms with Crippen molar-refractivity contribution in [3.63, 3.8) is 0 Å². The zero-order chi connectivity index (χ0) is 11.3. The molecule has 0 amide bonds. The summed E-state index contributed by atoms with van der Waals surface area (Å²) in [7, 11) is 0. The molecule has 1 aromatic rings. The maximum absolute atomic E-state index is 13.3. The summed E-state index contributed by atoms with van der Waals surface area (Å²) in [5.41, 5.74) is 6.65. The fraction of sp³-hybridized carbons (Fsp3) is 0.182. The van der Waals surface area contributed by atoms with Crippen molar-refractivity contribution in [2.24, 2.45) is 5.73 Å². The summed E-state index contributed by atoms with van der Waals surface area (Å²) in [6.45, 7) is 1.85. The number of nitrogens with one attached hydrogen (secondary N) is 1. The molecule has 15 heavy (non-hydrogen) atoms. The van der Waals surface area contributed by atoms with Gasteiger partial charge in [-0.2, -0.15) is 0 Å². The Morgan fingerprint density at radius 1 is 1.53 bits per heavy atom. The SMILES string of the molecule is C/C(=C\CSC(=N)N)c1ccccc1F. The standard InChI is InChI=1S/C11H13FN2S/c1-8(6-7-15-11(13)14)9-4-2-3-5-10(9)12/h2-6H,7H2,1H3,(H3,13,14)/b8-6+. The van der Waals surface area contributed by atoms with Crippen molar-refractivity contribution in [1.29, 1.82) is 5.41 Å². The van der Waals surface area contributed by atoms with E-state index in [0.717, 1.165) is 5.57 Å². The summed E-state index contributed by atoms with van der Waals surface area (Å²) in [5, 5.41) is 7.10. The number of halogens is 1. The Hall–Kier alpha value is -1.29. The second-order valence-corrected chi connectivity index (χ2v) is 4.10. The number of thioether (sulfide) groups is 1. The predicted octanol–water partition coefficient (Wildman–Crippen LogP) is 2.86. The van der Waals surface area contributed by atoms with Gasteiger partial charge in [0.15, 0.2) is 5.17 Å². The number of amidine groups is 1. The van der Waals surface area contributed by atoms with E-state index in [1.165, 1.54) is 17.8 Å². The van der Waals surface area contributed by atoms with Crippen molar-refractivity contribution in [2.45, 2.75) is 6.92 Å². The number of benzene rings is 1. The van der Waals surface area contributed by atoms with Crippen molar-refractivity contribution in [3.8, 4) is 0 Å². The van der Waals surface area contributed by atoms with E-state index in [2.05, 4.69) is 0 Å². The van der Waals surface area contributed by atoms with Crippen LogP contribution < -0.4 is 5.73 Å². The quantitative estimate of drug-likeness (QED) is 0.612. The highest BCUT2D eigenvalue weighted by atomic mass is 32.2. The van der Waals surface area contributed by atoms with Crippen LogP contribution in [-0.2, 0) is 0 Å². The second kappa shape index (κ2) is 5.56. The minimum atomic E-state index is -0.223. The molecule has 4 heteroatoms. The van der Waals surface area contributed by atoms with Gasteiger partial charge < -0.3 is 5.73 Å². The van der Waals surface area contributed by atoms with Crippen molar-refractivity contribution in [3.05, 3.63) is 41.7 Å². The monoisotopic (exact) mass is 224 g/mol. The van der Waals surface area contributed by atoms with E-state index in [9.17, 15) is 4.39 Å². The van der Waals surface area contributed by atoms with Gasteiger partial charge in [0, 0.05) is 11.3 Å². The molecule has 0 aliphatic heterocycles. The first-order valence-electron chi connectivity index (χ1n) is 4.49. The number of hydrogen-bond acceptors (Lipinski definition) is 2. The predicted molar refractivity (Wildman–Crippen MR) is 64.4 cm³/mol. The Morgan fingerprint density at radius 2 is 2.20 bits per heavy atom. The zero-order valence-corrected chi connectivity index (χ0v) is 9.27. The van der Waals surface area contributed by atoms with E-state index in [1.807, 2.05) is 13.0 Å². The minimum absolute atomic E-state index is 0.0765. The van der Waals surface area contributed by atoms with Crippen LogP contribution in [0.5, 0.6) is 0 Å². The maximum atomic E-state index is 13.3. The molecule has 0 unspecified atom stereocenters. The van der Waals surface area contributed by atoms with Gasteiger partial charge in [-0.25, -0.2) is 4.39 Å². The summed E-state index contributed by atoms with van der Waals surface area (Å²) in [6.07, 6.45) is 1.87. The Morgan fingerprint density at radius 3 is 2.80 bits per heavy atom. The van der Waals surface area contributed by atoms with Gasteiger partial charge in [-0.05, 0) is 18.6 Å². The third-order valence-corrected chi connectivity index (χ3v) is 2.57. The topological polar surface area (TPSA) is 49.9 Å². The van der Waals surface area contributed by atoms with E-state index in [0.29, 0.717) is 11.3 Å². The highest BCUT2D eigenvalue weighted by molar-refractivity contribution is 8.13. The third kappa shape index (κ3) is 3.75. The van der Waals surface area contributed by atoms with Gasteiger partial charge in [0.2, 0.25) is 0 Å². The van der Waals surface area contributed by atoms with Gasteiger partial charge in [-0.3, -0.25) is 5.41 Å². The highest BCUT2D eigenvalue weighted by Crippen LogP contribution is 2.17. The fourth-order valence-corrected chi connectivity index (χ4v) is 1.66. The molecular weight excluding hydrogens is 211 g/mol. The lowest BCUT2D eigenvalue weighted by Gasteiger charge is -2.02. The molecular formula is C11H13FN2S. The normalized spacial score (nSPS) is 11.5. The molecule has 0 aromatic heterocycles. The van der Waals surface area contributed by atoms with Gasteiger partial charge in [0.05, 0.1) is 0 Å². The lowest BCUT2D eigenvalue weighted by molar-refractivity contribution is 0.624. The molecule has 3 N–H and O–H groups in total. The summed E-state index contributed by atoms with van der Waals surface area (Å²) in [5.74, 6) is 0.370. The van der Waals surface area contributed by atoms with Crippen LogP contribution in [0.15, 0.2) is 30.3 Å². The molecule has 0 radical (unpaired) electrons. The third-order valence-electron chi connectivity index (χ3n) is 1.93. The van der Waals surface area contributed by atoms with E-state index in [-0.39, 0.29) is 11.0 Å². The zero-order valence-electron chi connectivity index (χ0n) is 8.46. The molecule has 0 bridgehead atoms. The van der Waals surface area contributed by atoms with Crippen LogP contribution in [0.4, 0.5) is 4.39 Å². The molecule has 0 aliphatic rings. The van der Waals surface area contributed by atoms with Gasteiger partial charge in [-0.1, -0.05) is 36.0 Å². The largest absolute Gasteiger partial charge is 0.379 e. The molecule has 0 saturated heterocycles. The average molecular weight is 224 g/mol. The number of nitrogens with two attached hydrogens (primary N) is 1. The lowest BCUT2D eigenvalue weighted by atomic mass is 10.1. The second-order valence-electron chi connectivity index (χ2n) is 3.04. The van der Waals surface area contributed by atoms with Crippen LogP contribution in [0.25, 0.3) is 5.57 Å². The first-order valence-corrected chi connectivity index (χ1v) is 5.48. The molecule has 2 nitrogen and oxygen atoms in total. The summed E-state index contributed by atoms with van der Waals surface area (Å²) in [6, 6.07) is 6.63. The average Bonchev–Trinajstić information content (AvgIpc) is 2.17. The first-order chi connectivity index (χ1) is 7.11. The Bertz CT molecular complexity index is 388. The van der Waals surface area contributed by atoms with E-state index in [1.54, 1.807) is 18.2 Å². The van der Waals surface area contributed by atoms with Crippen LogP contribution in [0.2, 0.25) is 0 Å². The fourth-order valence-electron chi connectivity index (χ4n) is 1.15. The highest BCUT2D eigenvalue weighted by Gasteiger charge is 2.01. The summed E-state index contributed by atoms with van der Waals surface area (Å²) in [4.78, 5) is 0. The van der Waals surface area contributed by atoms with Crippen molar-refractivity contribution < 1.29 is 4.39 Å². The molecule has 0 spiro atoms. The molecule has 1 aromatic carbocycles. The Kier molecular flexibility index (Phi) is 4.37. The number of allylic oxidation sites excluding steroid dienone is 1. The van der Waals surface area contributed by atoms with Gasteiger partial charge in [-0.15, -0.1) is 0 Å². The van der Waals surface area contributed by atoms with Gasteiger partial charge >= 0.3 is 0 Å². The molecule has 0 saturated carbocycles. The van der Waals surface area contributed by atoms with Crippen LogP contribution in [0, 0.1) is 11.2 Å². The van der Waals surface area contributed by atoms with Crippen LogP contribution in [0.1, 0.15) is 12.5 Å². The van der Waals surface area contributed by atoms with E-state index >= 15 is 0 Å². The smallest absolute Gasteiger partial charge is 0.151 e. The van der Waals surface area contributed by atoms with Crippen LogP contribution in [0.3, 0.4) is 0 Å². The first kappa shape index (κ1) is 11.8. The molecule has 0 atom stereocenters. The maximum Gasteiger partial charge on any atom is 0.151 e. The summed E-state index contributed by atoms with van der Waals surface area (Å²) >= 11 is 1.22. The van der Waals surface area contributed by atoms with Crippen LogP contribution >= 0.6 is 11.8 Å². The van der Waals surface area contributed by atoms with Crippen molar-refractivity contribution in [1.82, 2.24) is 0 Å². The molecule has 0 heterocycles. The van der Waals surface area contributed by atoms with Crippen molar-refractivity contribution >= 4 is 22.5 Å². The Balaban J connectivity index is 2.72. The number of hydrogen-bond donors (Lipinski definition) is 2. The van der Waals surface area contributed by atoms with Gasteiger partial charge in [0.25, 0.3) is 0 Å².